The Bertz CT molecular complexity index is 369. The highest BCUT2D eigenvalue weighted by atomic mass is 16.5. The second kappa shape index (κ2) is 6.87. The summed E-state index contributed by atoms with van der Waals surface area (Å²) >= 11 is 0. The molecule has 2 rings (SSSR count). The van der Waals surface area contributed by atoms with Crippen molar-refractivity contribution in [3.8, 4) is 0 Å². The Morgan fingerprint density at radius 2 is 2.37 bits per heavy atom. The highest BCUT2D eigenvalue weighted by Gasteiger charge is 2.18. The van der Waals surface area contributed by atoms with Crippen LogP contribution in [0.25, 0.3) is 0 Å². The fraction of sp³-hybridized carbons (Fsp3) is 0.667. The summed E-state index contributed by atoms with van der Waals surface area (Å²) in [4.78, 5) is 6.80. The van der Waals surface area contributed by atoms with Crippen molar-refractivity contribution in [2.75, 3.05) is 32.1 Å². The molecule has 0 spiro atoms. The van der Waals surface area contributed by atoms with Gasteiger partial charge in [0.15, 0.2) is 0 Å². The van der Waals surface area contributed by atoms with E-state index in [0.29, 0.717) is 12.1 Å². The van der Waals surface area contributed by atoms with Crippen LogP contribution in [-0.4, -0.2) is 38.3 Å². The lowest BCUT2D eigenvalue weighted by molar-refractivity contribution is 0.116. The quantitative estimate of drug-likeness (QED) is 0.855. The third-order valence-electron chi connectivity index (χ3n) is 3.83. The molecule has 0 radical (unpaired) electrons. The highest BCUT2D eigenvalue weighted by molar-refractivity contribution is 5.44. The van der Waals surface area contributed by atoms with Gasteiger partial charge in [-0.1, -0.05) is 6.92 Å². The normalized spacial score (nSPS) is 20.5. The van der Waals surface area contributed by atoms with Crippen LogP contribution in [0.5, 0.6) is 0 Å². The number of nitrogens with one attached hydrogen (secondary N) is 1. The van der Waals surface area contributed by atoms with Crippen LogP contribution in [0, 0.1) is 0 Å². The number of nitrogens with zero attached hydrogens (tertiary/aromatic N) is 2. The SMILES string of the molecule is CCC(NC)c1ccc(N(C)CC2CCCO2)cn1. The van der Waals surface area contributed by atoms with Gasteiger partial charge in [-0.05, 0) is 38.4 Å². The van der Waals surface area contributed by atoms with E-state index < -0.39 is 0 Å². The minimum atomic E-state index is 0.345. The van der Waals surface area contributed by atoms with E-state index >= 15 is 0 Å². The zero-order valence-corrected chi connectivity index (χ0v) is 12.2. The Morgan fingerprint density at radius 1 is 1.53 bits per heavy atom. The highest BCUT2D eigenvalue weighted by Crippen LogP contribution is 2.20. The van der Waals surface area contributed by atoms with Gasteiger partial charge in [0.05, 0.1) is 23.7 Å². The molecule has 2 heterocycles. The maximum atomic E-state index is 5.67. The predicted octanol–water partition coefficient (Wildman–Crippen LogP) is 2.37. The minimum absolute atomic E-state index is 0.345. The number of ether oxygens (including phenoxy) is 1. The van der Waals surface area contributed by atoms with Crippen LogP contribution in [0.15, 0.2) is 18.3 Å². The molecule has 4 nitrogen and oxygen atoms in total. The Labute approximate surface area is 116 Å². The van der Waals surface area contributed by atoms with Crippen molar-refractivity contribution >= 4 is 5.69 Å². The van der Waals surface area contributed by atoms with Crippen LogP contribution in [0.1, 0.15) is 37.9 Å². The molecule has 0 saturated carbocycles. The summed E-state index contributed by atoms with van der Waals surface area (Å²) in [5, 5.41) is 3.28. The topological polar surface area (TPSA) is 37.4 Å². The van der Waals surface area contributed by atoms with E-state index in [0.717, 1.165) is 31.0 Å². The molecule has 0 aromatic carbocycles. The van der Waals surface area contributed by atoms with E-state index in [-0.39, 0.29) is 0 Å². The van der Waals surface area contributed by atoms with E-state index in [1.807, 2.05) is 13.2 Å². The Hall–Kier alpha value is -1.13. The largest absolute Gasteiger partial charge is 0.376 e. The van der Waals surface area contributed by atoms with Crippen molar-refractivity contribution in [3.63, 3.8) is 0 Å². The van der Waals surface area contributed by atoms with Crippen LogP contribution in [-0.2, 0) is 4.74 Å². The van der Waals surface area contributed by atoms with Gasteiger partial charge in [-0.2, -0.15) is 0 Å². The number of hydrogen-bond acceptors (Lipinski definition) is 4. The zero-order chi connectivity index (χ0) is 13.7. The Balaban J connectivity index is 1.96. The molecule has 1 aliphatic heterocycles. The molecule has 1 aromatic rings. The van der Waals surface area contributed by atoms with Gasteiger partial charge in [-0.25, -0.2) is 0 Å². The standard InChI is InChI=1S/C15H25N3O/c1-4-14(16-2)15-8-7-12(10-17-15)18(3)11-13-6-5-9-19-13/h7-8,10,13-14,16H,4-6,9,11H2,1-3H3. The number of hydrogen-bond donors (Lipinski definition) is 1. The molecule has 2 unspecified atom stereocenters. The van der Waals surface area contributed by atoms with E-state index in [1.54, 1.807) is 0 Å². The van der Waals surface area contributed by atoms with E-state index in [4.69, 9.17) is 4.74 Å². The number of rotatable bonds is 6. The summed E-state index contributed by atoms with van der Waals surface area (Å²) in [5.74, 6) is 0. The molecule has 19 heavy (non-hydrogen) atoms. The van der Waals surface area contributed by atoms with Gasteiger partial charge in [0.1, 0.15) is 0 Å². The summed E-state index contributed by atoms with van der Waals surface area (Å²) < 4.78 is 5.67. The summed E-state index contributed by atoms with van der Waals surface area (Å²) in [5.41, 5.74) is 2.27. The van der Waals surface area contributed by atoms with E-state index in [2.05, 4.69) is 41.3 Å². The third kappa shape index (κ3) is 3.67. The number of likely N-dealkylation sites (N-methyl/N-ethyl adjacent to an activating group) is 1. The van der Waals surface area contributed by atoms with Gasteiger partial charge >= 0.3 is 0 Å². The maximum absolute atomic E-state index is 5.67. The summed E-state index contributed by atoms with van der Waals surface area (Å²) in [7, 11) is 4.08. The van der Waals surface area contributed by atoms with Crippen molar-refractivity contribution in [2.24, 2.45) is 0 Å². The number of aromatic nitrogens is 1. The fourth-order valence-electron chi connectivity index (χ4n) is 2.59. The number of anilines is 1. The molecule has 1 aliphatic rings. The Kier molecular flexibility index (Phi) is 5.16. The first-order valence-electron chi connectivity index (χ1n) is 7.20. The molecule has 2 atom stereocenters. The maximum Gasteiger partial charge on any atom is 0.0750 e. The fourth-order valence-corrected chi connectivity index (χ4v) is 2.59. The second-order valence-corrected chi connectivity index (χ2v) is 5.21. The van der Waals surface area contributed by atoms with Crippen LogP contribution in [0.2, 0.25) is 0 Å². The molecule has 0 bridgehead atoms. The molecule has 1 N–H and O–H groups in total. The van der Waals surface area contributed by atoms with Crippen molar-refractivity contribution in [1.82, 2.24) is 10.3 Å². The summed E-state index contributed by atoms with van der Waals surface area (Å²) in [6, 6.07) is 4.61. The Morgan fingerprint density at radius 3 is 2.89 bits per heavy atom. The van der Waals surface area contributed by atoms with Gasteiger partial charge < -0.3 is 15.0 Å². The first-order valence-corrected chi connectivity index (χ1v) is 7.20. The zero-order valence-electron chi connectivity index (χ0n) is 12.2. The van der Waals surface area contributed by atoms with E-state index in [9.17, 15) is 0 Å². The third-order valence-corrected chi connectivity index (χ3v) is 3.83. The second-order valence-electron chi connectivity index (χ2n) is 5.21. The lowest BCUT2D eigenvalue weighted by atomic mass is 10.1. The average molecular weight is 263 g/mol. The molecule has 0 amide bonds. The van der Waals surface area contributed by atoms with Crippen LogP contribution in [0.4, 0.5) is 5.69 Å². The average Bonchev–Trinajstić information content (AvgIpc) is 2.94. The molecule has 0 aliphatic carbocycles. The molecule has 1 saturated heterocycles. The molecule has 106 valence electrons. The van der Waals surface area contributed by atoms with Crippen molar-refractivity contribution in [2.45, 2.75) is 38.3 Å². The van der Waals surface area contributed by atoms with E-state index in [1.165, 1.54) is 12.8 Å². The van der Waals surface area contributed by atoms with Gasteiger partial charge in [0.2, 0.25) is 0 Å². The van der Waals surface area contributed by atoms with Crippen molar-refractivity contribution in [3.05, 3.63) is 24.0 Å². The molecule has 1 aromatic heterocycles. The van der Waals surface area contributed by atoms with Crippen molar-refractivity contribution in [1.29, 1.82) is 0 Å². The first-order chi connectivity index (χ1) is 9.24. The molecule has 1 fully saturated rings. The number of pyridine rings is 1. The lowest BCUT2D eigenvalue weighted by Crippen LogP contribution is -2.28. The van der Waals surface area contributed by atoms with Gasteiger partial charge in [0.25, 0.3) is 0 Å². The van der Waals surface area contributed by atoms with Gasteiger partial charge in [-0.3, -0.25) is 4.98 Å². The van der Waals surface area contributed by atoms with Gasteiger partial charge in [-0.15, -0.1) is 0 Å². The first kappa shape index (κ1) is 14.3. The van der Waals surface area contributed by atoms with Crippen molar-refractivity contribution < 1.29 is 4.74 Å². The lowest BCUT2D eigenvalue weighted by Gasteiger charge is -2.23. The predicted molar refractivity (Wildman–Crippen MR) is 78.6 cm³/mol. The molecular weight excluding hydrogens is 238 g/mol. The van der Waals surface area contributed by atoms with Crippen LogP contribution in [0.3, 0.4) is 0 Å². The molecule has 4 heteroatoms. The van der Waals surface area contributed by atoms with Crippen LogP contribution < -0.4 is 10.2 Å². The smallest absolute Gasteiger partial charge is 0.0750 e. The summed E-state index contributed by atoms with van der Waals surface area (Å²) in [6.45, 7) is 4.03. The summed E-state index contributed by atoms with van der Waals surface area (Å²) in [6.07, 6.45) is 5.76. The molecular formula is C15H25N3O. The monoisotopic (exact) mass is 263 g/mol. The minimum Gasteiger partial charge on any atom is -0.376 e. The van der Waals surface area contributed by atoms with Gasteiger partial charge in [0, 0.05) is 26.2 Å². The van der Waals surface area contributed by atoms with Crippen LogP contribution >= 0.6 is 0 Å².